The standard InChI is InChI=1S/C18H39BO9P2/c1-8-16(4,11-12-13(20)14(21)15(19)26-12)27-29(7,23)18(6,10-3)28-30(24,25)17(5,22)9-2/h12-15,20-22H,8-11,19H2,1-7H3,(H,24,25)/t12-,13-,14-,15-,16-,17?,18?,29?/m1/s1. The molecule has 0 bridgehead atoms. The van der Waals surface area contributed by atoms with E-state index in [0.717, 1.165) is 0 Å². The quantitative estimate of drug-likeness (QED) is 0.262. The molecule has 1 fully saturated rings. The summed E-state index contributed by atoms with van der Waals surface area (Å²) in [4.78, 5) is 10.4. The second kappa shape index (κ2) is 9.62. The number of hydrogen-bond acceptors (Lipinski definition) is 8. The average Bonchev–Trinajstić information content (AvgIpc) is 2.86. The Balaban J connectivity index is 3.14. The van der Waals surface area contributed by atoms with Crippen LogP contribution in [0.4, 0.5) is 0 Å². The first-order chi connectivity index (χ1) is 13.4. The van der Waals surface area contributed by atoms with E-state index in [1.807, 2.05) is 6.92 Å². The van der Waals surface area contributed by atoms with Crippen molar-refractivity contribution in [2.75, 3.05) is 6.66 Å². The van der Waals surface area contributed by atoms with Crippen molar-refractivity contribution in [1.29, 1.82) is 0 Å². The lowest BCUT2D eigenvalue weighted by Crippen LogP contribution is -2.41. The molecule has 0 radical (unpaired) electrons. The highest BCUT2D eigenvalue weighted by atomic mass is 31.2. The van der Waals surface area contributed by atoms with Gasteiger partial charge in [-0.25, -0.2) is 0 Å². The van der Waals surface area contributed by atoms with Gasteiger partial charge in [0.1, 0.15) is 20.1 Å². The molecule has 1 aliphatic rings. The molecule has 0 aliphatic carbocycles. The van der Waals surface area contributed by atoms with Crippen molar-refractivity contribution >= 4 is 22.8 Å². The summed E-state index contributed by atoms with van der Waals surface area (Å²) in [5.41, 5.74) is -1.02. The molecule has 4 unspecified atom stereocenters. The molecule has 1 saturated heterocycles. The van der Waals surface area contributed by atoms with Crippen molar-refractivity contribution in [1.82, 2.24) is 0 Å². The van der Waals surface area contributed by atoms with Crippen molar-refractivity contribution in [2.45, 2.75) is 108 Å². The topological polar surface area (TPSA) is 143 Å². The predicted molar refractivity (Wildman–Crippen MR) is 118 cm³/mol. The zero-order valence-corrected chi connectivity index (χ0v) is 21.2. The second-order valence-electron chi connectivity index (χ2n) is 9.02. The first-order valence-corrected chi connectivity index (χ1v) is 14.1. The van der Waals surface area contributed by atoms with Crippen LogP contribution >= 0.6 is 15.0 Å². The Morgan fingerprint density at radius 1 is 1.00 bits per heavy atom. The van der Waals surface area contributed by atoms with Gasteiger partial charge in [-0.1, -0.05) is 20.8 Å². The van der Waals surface area contributed by atoms with Gasteiger partial charge in [-0.05, 0) is 40.0 Å². The fraction of sp³-hybridized carbons (Fsp3) is 1.00. The molecule has 30 heavy (non-hydrogen) atoms. The van der Waals surface area contributed by atoms with Crippen molar-refractivity contribution < 1.29 is 43.1 Å². The highest BCUT2D eigenvalue weighted by molar-refractivity contribution is 7.61. The maximum absolute atomic E-state index is 13.7. The maximum Gasteiger partial charge on any atom is 0.360 e. The summed E-state index contributed by atoms with van der Waals surface area (Å²) < 4.78 is 43.6. The Morgan fingerprint density at radius 3 is 1.90 bits per heavy atom. The molecule has 0 aromatic heterocycles. The molecule has 4 N–H and O–H groups in total. The molecule has 0 aromatic rings. The lowest BCUT2D eigenvalue weighted by atomic mass is 9.90. The van der Waals surface area contributed by atoms with Gasteiger partial charge in [0.25, 0.3) is 0 Å². The zero-order valence-electron chi connectivity index (χ0n) is 19.4. The fourth-order valence-electron chi connectivity index (χ4n) is 3.28. The van der Waals surface area contributed by atoms with E-state index in [4.69, 9.17) is 13.8 Å². The number of aliphatic hydroxyl groups is 3. The summed E-state index contributed by atoms with van der Waals surface area (Å²) in [6, 6.07) is -0.541. The van der Waals surface area contributed by atoms with E-state index >= 15 is 0 Å². The van der Waals surface area contributed by atoms with Gasteiger partial charge in [-0.3, -0.25) is 13.7 Å². The largest absolute Gasteiger partial charge is 0.388 e. The number of hydrogen-bond donors (Lipinski definition) is 4. The van der Waals surface area contributed by atoms with Crippen LogP contribution in [0.15, 0.2) is 0 Å². The Labute approximate surface area is 180 Å². The third-order valence-corrected chi connectivity index (χ3v) is 11.7. The van der Waals surface area contributed by atoms with Crippen LogP contribution in [0.2, 0.25) is 0 Å². The van der Waals surface area contributed by atoms with Crippen LogP contribution < -0.4 is 0 Å². The summed E-state index contributed by atoms with van der Waals surface area (Å²) in [6.07, 6.45) is -2.19. The van der Waals surface area contributed by atoms with Gasteiger partial charge in [0.2, 0.25) is 7.37 Å². The Morgan fingerprint density at radius 2 is 1.53 bits per heavy atom. The van der Waals surface area contributed by atoms with E-state index in [2.05, 4.69) is 0 Å². The number of aliphatic hydroxyl groups excluding tert-OH is 2. The SMILES string of the molecule is B[C@@H]1O[C@H](C[C@@](C)(CC)OP(C)(=O)C(C)(CC)OP(=O)(O)C(C)(O)CC)[C@@H](O)[C@H]1O. The van der Waals surface area contributed by atoms with Crippen LogP contribution in [-0.4, -0.2) is 75.3 Å². The molecular formula is C18H39BO9P2. The molecule has 9 atom stereocenters. The molecule has 1 rings (SSSR count). The van der Waals surface area contributed by atoms with Gasteiger partial charge in [0.05, 0.1) is 17.7 Å². The molecule has 12 heteroatoms. The highest BCUT2D eigenvalue weighted by Gasteiger charge is 2.54. The minimum Gasteiger partial charge on any atom is -0.388 e. The van der Waals surface area contributed by atoms with Crippen molar-refractivity contribution in [2.24, 2.45) is 0 Å². The molecule has 0 amide bonds. The third-order valence-electron chi connectivity index (χ3n) is 6.49. The van der Waals surface area contributed by atoms with Crippen LogP contribution in [0.3, 0.4) is 0 Å². The predicted octanol–water partition coefficient (Wildman–Crippen LogP) is 2.00. The smallest absolute Gasteiger partial charge is 0.360 e. The normalized spacial score (nSPS) is 34.9. The highest BCUT2D eigenvalue weighted by Crippen LogP contribution is 2.68. The molecule has 0 spiro atoms. The van der Waals surface area contributed by atoms with Crippen LogP contribution in [0, 0.1) is 0 Å². The maximum atomic E-state index is 13.7. The van der Waals surface area contributed by atoms with Gasteiger partial charge < -0.3 is 29.5 Å². The monoisotopic (exact) mass is 472 g/mol. The van der Waals surface area contributed by atoms with Crippen LogP contribution in [0.1, 0.15) is 67.2 Å². The van der Waals surface area contributed by atoms with E-state index in [1.54, 1.807) is 28.6 Å². The fourth-order valence-corrected chi connectivity index (χ4v) is 7.28. The van der Waals surface area contributed by atoms with Gasteiger partial charge in [0.15, 0.2) is 10.7 Å². The summed E-state index contributed by atoms with van der Waals surface area (Å²) in [5, 5.41) is 26.9. The Hall–Kier alpha value is 0.245. The van der Waals surface area contributed by atoms with Crippen molar-refractivity contribution in [3.8, 4) is 0 Å². The minimum atomic E-state index is -4.55. The molecule has 1 heterocycles. The van der Waals surface area contributed by atoms with Gasteiger partial charge in [0, 0.05) is 13.1 Å². The van der Waals surface area contributed by atoms with Gasteiger partial charge >= 0.3 is 7.60 Å². The summed E-state index contributed by atoms with van der Waals surface area (Å²) in [5.74, 6) is 0. The lowest BCUT2D eigenvalue weighted by Gasteiger charge is -2.43. The van der Waals surface area contributed by atoms with E-state index in [1.165, 1.54) is 20.5 Å². The molecule has 178 valence electrons. The number of ether oxygens (including phenoxy) is 1. The van der Waals surface area contributed by atoms with E-state index < -0.39 is 55.6 Å². The summed E-state index contributed by atoms with van der Waals surface area (Å²) in [7, 11) is -6.60. The van der Waals surface area contributed by atoms with Crippen molar-refractivity contribution in [3.05, 3.63) is 0 Å². The summed E-state index contributed by atoms with van der Waals surface area (Å²) >= 11 is 0. The van der Waals surface area contributed by atoms with Crippen molar-refractivity contribution in [3.63, 3.8) is 0 Å². The zero-order chi connectivity index (χ0) is 23.8. The molecular weight excluding hydrogens is 433 g/mol. The van der Waals surface area contributed by atoms with Crippen LogP contribution in [0.5, 0.6) is 0 Å². The lowest BCUT2D eigenvalue weighted by molar-refractivity contribution is -0.0374. The summed E-state index contributed by atoms with van der Waals surface area (Å²) in [6.45, 7) is 10.7. The second-order valence-corrected chi connectivity index (χ2v) is 14.0. The molecule has 9 nitrogen and oxygen atoms in total. The minimum absolute atomic E-state index is 0.0282. The van der Waals surface area contributed by atoms with E-state index in [-0.39, 0.29) is 19.3 Å². The Kier molecular flexibility index (Phi) is 9.07. The van der Waals surface area contributed by atoms with Gasteiger partial charge in [-0.2, -0.15) is 0 Å². The molecule has 0 aromatic carbocycles. The molecule has 1 aliphatic heterocycles. The third kappa shape index (κ3) is 5.78. The molecule has 0 saturated carbocycles. The van der Waals surface area contributed by atoms with E-state index in [9.17, 15) is 29.3 Å². The Bertz CT molecular complexity index is 691. The van der Waals surface area contributed by atoms with E-state index in [0.29, 0.717) is 6.42 Å². The average molecular weight is 472 g/mol. The first-order valence-electron chi connectivity index (χ1n) is 10.5. The van der Waals surface area contributed by atoms with Crippen LogP contribution in [-0.2, 0) is 22.9 Å². The van der Waals surface area contributed by atoms with Crippen LogP contribution in [0.25, 0.3) is 0 Å². The number of rotatable bonds is 11. The van der Waals surface area contributed by atoms with Gasteiger partial charge in [-0.15, -0.1) is 0 Å². The first kappa shape index (κ1) is 28.3.